The molecule has 0 unspecified atom stereocenters. The lowest BCUT2D eigenvalue weighted by molar-refractivity contribution is -0.154. The van der Waals surface area contributed by atoms with Gasteiger partial charge in [-0.1, -0.05) is 0 Å². The summed E-state index contributed by atoms with van der Waals surface area (Å²) in [6.07, 6.45) is 4.47. The van der Waals surface area contributed by atoms with Gasteiger partial charge in [-0.25, -0.2) is 9.97 Å². The molecule has 0 saturated carbocycles. The molecule has 2 aliphatic rings. The Morgan fingerprint density at radius 2 is 2.25 bits per heavy atom. The van der Waals surface area contributed by atoms with E-state index < -0.39 is 5.41 Å². The highest BCUT2D eigenvalue weighted by Gasteiger charge is 2.62. The zero-order valence-corrected chi connectivity index (χ0v) is 16.2. The monoisotopic (exact) mass is 396 g/mol. The van der Waals surface area contributed by atoms with E-state index in [1.807, 2.05) is 28.5 Å². The Hall–Kier alpha value is -2.74. The maximum Gasteiger partial charge on any atom is 0.314 e. The first-order valence-corrected chi connectivity index (χ1v) is 10.3. The average Bonchev–Trinajstić information content (AvgIpc) is 3.49. The Kier molecular flexibility index (Phi) is 3.97. The van der Waals surface area contributed by atoms with Crippen molar-refractivity contribution >= 4 is 34.2 Å². The average molecular weight is 396 g/mol. The van der Waals surface area contributed by atoms with Crippen LogP contribution in [0.5, 0.6) is 0 Å². The molecule has 2 aromatic heterocycles. The smallest absolute Gasteiger partial charge is 0.314 e. The van der Waals surface area contributed by atoms with Gasteiger partial charge in [-0.2, -0.15) is 0 Å². The van der Waals surface area contributed by atoms with Crippen LogP contribution in [0, 0.1) is 5.41 Å². The zero-order chi connectivity index (χ0) is 19.3. The summed E-state index contributed by atoms with van der Waals surface area (Å²) < 4.78 is 5.21. The molecule has 5 rings (SSSR count). The fourth-order valence-electron chi connectivity index (χ4n) is 5.04. The maximum atomic E-state index is 13.4. The third kappa shape index (κ3) is 2.47. The number of hydrogen-bond acceptors (Lipinski definition) is 6. The standard InChI is InChI=1S/C20H20N4O3S/c1-27-19(26)20(7-13-9-28-11-23-13)8-14-3-5-17(20)24(14)18(25)12-2-4-15-16(6-12)22-10-21-15/h2,4,6,9-11,14,17H,3,5,7-8H2,1H3,(H,21,22)/t14-,17+,20+/m1/s1. The summed E-state index contributed by atoms with van der Waals surface area (Å²) in [6.45, 7) is 0. The molecule has 0 aliphatic carbocycles. The second kappa shape index (κ2) is 6.41. The van der Waals surface area contributed by atoms with E-state index in [0.29, 0.717) is 18.4 Å². The number of carbonyl (C=O) groups is 2. The van der Waals surface area contributed by atoms with Gasteiger partial charge in [0.1, 0.15) is 0 Å². The first-order chi connectivity index (χ1) is 13.6. The molecule has 144 valence electrons. The zero-order valence-electron chi connectivity index (χ0n) is 15.4. The summed E-state index contributed by atoms with van der Waals surface area (Å²) in [7, 11) is 1.43. The normalized spacial score (nSPS) is 26.1. The predicted octanol–water partition coefficient (Wildman–Crippen LogP) is 2.80. The molecule has 2 saturated heterocycles. The fourth-order valence-corrected chi connectivity index (χ4v) is 5.60. The molecule has 4 heterocycles. The summed E-state index contributed by atoms with van der Waals surface area (Å²) in [5.41, 5.74) is 4.21. The van der Waals surface area contributed by atoms with Crippen molar-refractivity contribution in [2.75, 3.05) is 7.11 Å². The Balaban J connectivity index is 1.50. The number of aromatic nitrogens is 3. The van der Waals surface area contributed by atoms with Gasteiger partial charge in [-0.05, 0) is 37.5 Å². The van der Waals surface area contributed by atoms with Crippen LogP contribution in [0.3, 0.4) is 0 Å². The number of thiazole rings is 1. The number of carbonyl (C=O) groups excluding carboxylic acids is 2. The van der Waals surface area contributed by atoms with Gasteiger partial charge in [0, 0.05) is 29.4 Å². The van der Waals surface area contributed by atoms with Crippen LogP contribution in [0.2, 0.25) is 0 Å². The molecule has 8 heteroatoms. The van der Waals surface area contributed by atoms with Crippen LogP contribution in [-0.2, 0) is 16.0 Å². The topological polar surface area (TPSA) is 88.2 Å². The second-order valence-electron chi connectivity index (χ2n) is 7.60. The summed E-state index contributed by atoms with van der Waals surface area (Å²) in [6, 6.07) is 5.37. The number of nitrogens with one attached hydrogen (secondary N) is 1. The molecule has 1 amide bonds. The van der Waals surface area contributed by atoms with Crippen LogP contribution >= 0.6 is 11.3 Å². The number of hydrogen-bond donors (Lipinski definition) is 1. The molecule has 7 nitrogen and oxygen atoms in total. The number of nitrogens with zero attached hydrogens (tertiary/aromatic N) is 3. The van der Waals surface area contributed by atoms with E-state index >= 15 is 0 Å². The lowest BCUT2D eigenvalue weighted by atomic mass is 9.71. The van der Waals surface area contributed by atoms with Crippen LogP contribution in [0.15, 0.2) is 35.4 Å². The van der Waals surface area contributed by atoms with Gasteiger partial charge in [0.25, 0.3) is 5.91 Å². The van der Waals surface area contributed by atoms with Gasteiger partial charge < -0.3 is 14.6 Å². The summed E-state index contributed by atoms with van der Waals surface area (Å²) >= 11 is 1.51. The summed E-state index contributed by atoms with van der Waals surface area (Å²) in [4.78, 5) is 39.9. The fraction of sp³-hybridized carbons (Fsp3) is 0.400. The number of methoxy groups -OCH3 is 1. The lowest BCUT2D eigenvalue weighted by Gasteiger charge is -2.34. The minimum Gasteiger partial charge on any atom is -0.469 e. The van der Waals surface area contributed by atoms with Gasteiger partial charge in [0.05, 0.1) is 41.1 Å². The number of rotatable bonds is 4. The minimum absolute atomic E-state index is 0.0342. The van der Waals surface area contributed by atoms with Crippen LogP contribution < -0.4 is 0 Å². The molecule has 2 bridgehead atoms. The third-order valence-corrected chi connectivity index (χ3v) is 6.85. The number of benzene rings is 1. The summed E-state index contributed by atoms with van der Waals surface area (Å²) in [5, 5.41) is 1.97. The quantitative estimate of drug-likeness (QED) is 0.685. The maximum absolute atomic E-state index is 13.4. The van der Waals surface area contributed by atoms with Crippen molar-refractivity contribution in [3.05, 3.63) is 46.7 Å². The predicted molar refractivity (Wildman–Crippen MR) is 104 cm³/mol. The van der Waals surface area contributed by atoms with Gasteiger partial charge >= 0.3 is 5.97 Å². The summed E-state index contributed by atoms with van der Waals surface area (Å²) in [5.74, 6) is -0.275. The van der Waals surface area contributed by atoms with E-state index in [9.17, 15) is 9.59 Å². The van der Waals surface area contributed by atoms with Gasteiger partial charge in [0.2, 0.25) is 0 Å². The van der Waals surface area contributed by atoms with E-state index in [0.717, 1.165) is 29.6 Å². The Labute approximate surface area is 165 Å². The molecule has 2 fully saturated rings. The highest BCUT2D eigenvalue weighted by molar-refractivity contribution is 7.07. The van der Waals surface area contributed by atoms with Gasteiger partial charge in [0.15, 0.2) is 0 Å². The molecule has 3 atom stereocenters. The van der Waals surface area contributed by atoms with E-state index in [1.54, 1.807) is 11.8 Å². The van der Waals surface area contributed by atoms with Crippen molar-refractivity contribution in [2.24, 2.45) is 5.41 Å². The Bertz CT molecular complexity index is 1050. The van der Waals surface area contributed by atoms with Crippen molar-refractivity contribution in [3.8, 4) is 0 Å². The number of imidazole rings is 1. The van der Waals surface area contributed by atoms with Crippen LogP contribution in [0.25, 0.3) is 11.0 Å². The largest absolute Gasteiger partial charge is 0.469 e. The highest BCUT2D eigenvalue weighted by Crippen LogP contribution is 2.52. The van der Waals surface area contributed by atoms with Crippen molar-refractivity contribution < 1.29 is 14.3 Å². The SMILES string of the molecule is COC(=O)[C@@]1(Cc2cscn2)C[C@H]2CC[C@@H]1N2C(=O)c1ccc2nc[nH]c2c1. The molecule has 1 aromatic carbocycles. The van der Waals surface area contributed by atoms with Crippen molar-refractivity contribution in [3.63, 3.8) is 0 Å². The molecule has 28 heavy (non-hydrogen) atoms. The van der Waals surface area contributed by atoms with Crippen molar-refractivity contribution in [1.29, 1.82) is 0 Å². The van der Waals surface area contributed by atoms with E-state index in [-0.39, 0.29) is 24.0 Å². The number of fused-ring (bicyclic) bond motifs is 3. The Morgan fingerprint density at radius 1 is 1.36 bits per heavy atom. The Morgan fingerprint density at radius 3 is 3.04 bits per heavy atom. The molecule has 0 spiro atoms. The van der Waals surface area contributed by atoms with Gasteiger partial charge in [-0.15, -0.1) is 11.3 Å². The molecule has 1 N–H and O–H groups in total. The molecule has 0 radical (unpaired) electrons. The number of H-pyrrole nitrogens is 1. The number of ether oxygens (including phenoxy) is 1. The van der Waals surface area contributed by atoms with E-state index in [4.69, 9.17) is 4.74 Å². The van der Waals surface area contributed by atoms with Crippen LogP contribution in [0.4, 0.5) is 0 Å². The minimum atomic E-state index is -0.723. The first-order valence-electron chi connectivity index (χ1n) is 9.34. The number of aromatic amines is 1. The second-order valence-corrected chi connectivity index (χ2v) is 8.32. The molecule has 2 aliphatic heterocycles. The van der Waals surface area contributed by atoms with E-state index in [2.05, 4.69) is 15.0 Å². The van der Waals surface area contributed by atoms with E-state index in [1.165, 1.54) is 18.4 Å². The lowest BCUT2D eigenvalue weighted by Crippen LogP contribution is -2.47. The first kappa shape index (κ1) is 17.4. The van der Waals surface area contributed by atoms with Crippen LogP contribution in [0.1, 0.15) is 35.3 Å². The highest BCUT2D eigenvalue weighted by atomic mass is 32.1. The van der Waals surface area contributed by atoms with Gasteiger partial charge in [-0.3, -0.25) is 9.59 Å². The third-order valence-electron chi connectivity index (χ3n) is 6.21. The number of amides is 1. The molecular formula is C20H20N4O3S. The molecular weight excluding hydrogens is 376 g/mol. The molecule has 3 aromatic rings. The van der Waals surface area contributed by atoms with Crippen molar-refractivity contribution in [1.82, 2.24) is 19.9 Å². The number of esters is 1. The van der Waals surface area contributed by atoms with Crippen molar-refractivity contribution in [2.45, 2.75) is 37.8 Å². The van der Waals surface area contributed by atoms with Crippen LogP contribution in [-0.4, -0.2) is 50.9 Å².